The molecule has 0 aromatic heterocycles. The first-order chi connectivity index (χ1) is 11.2. The molecular weight excluding hydrogens is 294 g/mol. The van der Waals surface area contributed by atoms with Crippen LogP contribution < -0.4 is 14.4 Å². The quantitative estimate of drug-likeness (QED) is 0.693. The maximum absolute atomic E-state index is 5.74. The Bertz CT molecular complexity index is 427. The van der Waals surface area contributed by atoms with Crippen molar-refractivity contribution in [1.82, 2.24) is 0 Å². The molecule has 1 fully saturated rings. The Hall–Kier alpha value is -1.30. The second kappa shape index (κ2) is 9.75. The summed E-state index contributed by atoms with van der Waals surface area (Å²) < 4.78 is 22.5. The lowest BCUT2D eigenvalue weighted by atomic mass is 10.2. The van der Waals surface area contributed by atoms with Crippen LogP contribution >= 0.6 is 0 Å². The molecule has 0 aliphatic carbocycles. The van der Waals surface area contributed by atoms with E-state index in [1.165, 1.54) is 0 Å². The van der Waals surface area contributed by atoms with Gasteiger partial charge in [-0.2, -0.15) is 0 Å². The summed E-state index contributed by atoms with van der Waals surface area (Å²) in [6.07, 6.45) is 0.688. The van der Waals surface area contributed by atoms with Gasteiger partial charge in [0.25, 0.3) is 0 Å². The van der Waals surface area contributed by atoms with Crippen molar-refractivity contribution in [3.63, 3.8) is 0 Å². The second-order valence-electron chi connectivity index (χ2n) is 6.03. The number of quaternary nitrogens is 1. The Labute approximate surface area is 139 Å². The average Bonchev–Trinajstić information content (AvgIpc) is 2.51. The van der Waals surface area contributed by atoms with E-state index in [1.807, 2.05) is 31.2 Å². The number of hydrogen-bond donors (Lipinski definition) is 1. The van der Waals surface area contributed by atoms with E-state index in [-0.39, 0.29) is 0 Å². The van der Waals surface area contributed by atoms with Crippen LogP contribution in [0, 0.1) is 0 Å². The lowest BCUT2D eigenvalue weighted by Crippen LogP contribution is -3.15. The van der Waals surface area contributed by atoms with Gasteiger partial charge in [-0.3, -0.25) is 0 Å². The van der Waals surface area contributed by atoms with E-state index in [9.17, 15) is 0 Å². The summed E-state index contributed by atoms with van der Waals surface area (Å²) in [5.74, 6) is 1.71. The minimum atomic E-state index is 0.344. The van der Waals surface area contributed by atoms with E-state index in [0.29, 0.717) is 32.0 Å². The van der Waals surface area contributed by atoms with Gasteiger partial charge in [0, 0.05) is 0 Å². The highest BCUT2D eigenvalue weighted by Gasteiger charge is 2.24. The van der Waals surface area contributed by atoms with E-state index < -0.39 is 0 Å². The standard InChI is InChI=1S/C18H29NO4/c1-4-21-17-5-7-18(8-6-17)22-12-11-20-10-9-19-13-15(2)23-16(3)14-19/h5-8,15-16H,4,9-14H2,1-3H3/p+1/t15-,16-/m0/s1. The summed E-state index contributed by atoms with van der Waals surface area (Å²) in [6.45, 7) is 12.0. The zero-order valence-corrected chi connectivity index (χ0v) is 14.5. The first kappa shape index (κ1) is 18.0. The SMILES string of the molecule is CCOc1ccc(OCCOCC[NH+]2C[C@H](C)O[C@@H](C)C2)cc1. The van der Waals surface area contributed by atoms with Crippen LogP contribution in [0.15, 0.2) is 24.3 Å². The largest absolute Gasteiger partial charge is 0.494 e. The fraction of sp³-hybridized carbons (Fsp3) is 0.667. The van der Waals surface area contributed by atoms with Crippen LogP contribution in [0.3, 0.4) is 0 Å². The third kappa shape index (κ3) is 6.77. The van der Waals surface area contributed by atoms with Gasteiger partial charge in [0.1, 0.15) is 49.9 Å². The van der Waals surface area contributed by atoms with E-state index >= 15 is 0 Å². The molecule has 1 heterocycles. The Kier molecular flexibility index (Phi) is 7.65. The number of benzene rings is 1. The molecule has 5 heteroatoms. The van der Waals surface area contributed by atoms with Gasteiger partial charge < -0.3 is 23.8 Å². The highest BCUT2D eigenvalue weighted by atomic mass is 16.5. The van der Waals surface area contributed by atoms with Crippen molar-refractivity contribution < 1.29 is 23.8 Å². The van der Waals surface area contributed by atoms with Gasteiger partial charge in [0.2, 0.25) is 0 Å². The summed E-state index contributed by atoms with van der Waals surface area (Å²) in [6, 6.07) is 7.69. The molecule has 2 atom stereocenters. The molecular formula is C18H30NO4+. The maximum atomic E-state index is 5.74. The lowest BCUT2D eigenvalue weighted by Gasteiger charge is -2.32. The van der Waals surface area contributed by atoms with E-state index in [2.05, 4.69) is 13.8 Å². The van der Waals surface area contributed by atoms with Gasteiger partial charge in [-0.05, 0) is 45.0 Å². The van der Waals surface area contributed by atoms with Crippen molar-refractivity contribution in [3.05, 3.63) is 24.3 Å². The number of ether oxygens (including phenoxy) is 4. The normalized spacial score (nSPS) is 24.4. The second-order valence-corrected chi connectivity index (χ2v) is 6.03. The van der Waals surface area contributed by atoms with Crippen LogP contribution in [0.4, 0.5) is 0 Å². The molecule has 2 rings (SSSR count). The average molecular weight is 324 g/mol. The third-order valence-corrected chi connectivity index (χ3v) is 3.85. The summed E-state index contributed by atoms with van der Waals surface area (Å²) in [4.78, 5) is 1.56. The van der Waals surface area contributed by atoms with Gasteiger partial charge in [-0.1, -0.05) is 0 Å². The van der Waals surface area contributed by atoms with Gasteiger partial charge in [-0.15, -0.1) is 0 Å². The summed E-state index contributed by atoms with van der Waals surface area (Å²) in [5, 5.41) is 0. The Morgan fingerprint density at radius 3 is 2.17 bits per heavy atom. The van der Waals surface area contributed by atoms with E-state index in [1.54, 1.807) is 4.90 Å². The van der Waals surface area contributed by atoms with Crippen molar-refractivity contribution in [2.24, 2.45) is 0 Å². The third-order valence-electron chi connectivity index (χ3n) is 3.85. The first-order valence-corrected chi connectivity index (χ1v) is 8.59. The molecule has 0 radical (unpaired) electrons. The molecule has 1 aromatic rings. The van der Waals surface area contributed by atoms with E-state index in [0.717, 1.165) is 37.7 Å². The predicted octanol–water partition coefficient (Wildman–Crippen LogP) is 1.17. The van der Waals surface area contributed by atoms with Crippen LogP contribution in [0.25, 0.3) is 0 Å². The van der Waals surface area contributed by atoms with Crippen LogP contribution in [-0.4, -0.2) is 58.3 Å². The van der Waals surface area contributed by atoms with Crippen molar-refractivity contribution >= 4 is 0 Å². The highest BCUT2D eigenvalue weighted by Crippen LogP contribution is 2.17. The summed E-state index contributed by atoms with van der Waals surface area (Å²) >= 11 is 0. The molecule has 23 heavy (non-hydrogen) atoms. The smallest absolute Gasteiger partial charge is 0.119 e. The molecule has 0 bridgehead atoms. The molecule has 1 aromatic carbocycles. The Morgan fingerprint density at radius 2 is 1.57 bits per heavy atom. The Morgan fingerprint density at radius 1 is 0.957 bits per heavy atom. The molecule has 1 aliphatic heterocycles. The monoisotopic (exact) mass is 324 g/mol. The molecule has 0 saturated carbocycles. The van der Waals surface area contributed by atoms with Crippen molar-refractivity contribution in [3.8, 4) is 11.5 Å². The zero-order chi connectivity index (χ0) is 16.5. The zero-order valence-electron chi connectivity index (χ0n) is 14.5. The van der Waals surface area contributed by atoms with Gasteiger partial charge in [0.15, 0.2) is 0 Å². The molecule has 0 unspecified atom stereocenters. The highest BCUT2D eigenvalue weighted by molar-refractivity contribution is 5.31. The number of rotatable bonds is 9. The predicted molar refractivity (Wildman–Crippen MR) is 89.5 cm³/mol. The molecule has 0 spiro atoms. The van der Waals surface area contributed by atoms with Crippen LogP contribution in [0.5, 0.6) is 11.5 Å². The summed E-state index contributed by atoms with van der Waals surface area (Å²) in [7, 11) is 0. The molecule has 1 saturated heterocycles. The fourth-order valence-corrected chi connectivity index (χ4v) is 2.93. The van der Waals surface area contributed by atoms with Gasteiger partial charge >= 0.3 is 0 Å². The lowest BCUT2D eigenvalue weighted by molar-refractivity contribution is -0.915. The van der Waals surface area contributed by atoms with Crippen molar-refractivity contribution in [2.75, 3.05) is 46.1 Å². The van der Waals surface area contributed by atoms with Gasteiger partial charge in [-0.25, -0.2) is 0 Å². The van der Waals surface area contributed by atoms with Crippen LogP contribution in [0.1, 0.15) is 20.8 Å². The number of nitrogens with one attached hydrogen (secondary N) is 1. The number of morpholine rings is 1. The molecule has 1 N–H and O–H groups in total. The minimum Gasteiger partial charge on any atom is -0.494 e. The van der Waals surface area contributed by atoms with Crippen LogP contribution in [-0.2, 0) is 9.47 Å². The first-order valence-electron chi connectivity index (χ1n) is 8.59. The molecule has 1 aliphatic rings. The summed E-state index contributed by atoms with van der Waals surface area (Å²) in [5.41, 5.74) is 0. The van der Waals surface area contributed by atoms with Crippen LogP contribution in [0.2, 0.25) is 0 Å². The Balaban J connectivity index is 1.53. The number of hydrogen-bond acceptors (Lipinski definition) is 4. The minimum absolute atomic E-state index is 0.344. The fourth-order valence-electron chi connectivity index (χ4n) is 2.93. The molecule has 130 valence electrons. The topological polar surface area (TPSA) is 41.4 Å². The van der Waals surface area contributed by atoms with Gasteiger partial charge in [0.05, 0.1) is 19.8 Å². The van der Waals surface area contributed by atoms with Crippen molar-refractivity contribution in [2.45, 2.75) is 33.0 Å². The molecule has 5 nitrogen and oxygen atoms in total. The van der Waals surface area contributed by atoms with Crippen molar-refractivity contribution in [1.29, 1.82) is 0 Å². The molecule has 0 amide bonds. The van der Waals surface area contributed by atoms with E-state index in [4.69, 9.17) is 18.9 Å². The maximum Gasteiger partial charge on any atom is 0.119 e.